The van der Waals surface area contributed by atoms with Gasteiger partial charge in [0.2, 0.25) is 5.91 Å². The highest BCUT2D eigenvalue weighted by Gasteiger charge is 1.98. The summed E-state index contributed by atoms with van der Waals surface area (Å²) in [6, 6.07) is 11.6. The molecule has 0 saturated heterocycles. The van der Waals surface area contributed by atoms with Crippen molar-refractivity contribution >= 4 is 12.0 Å². The van der Waals surface area contributed by atoms with Gasteiger partial charge in [-0.15, -0.1) is 0 Å². The zero-order chi connectivity index (χ0) is 14.9. The number of rotatable bonds is 6. The van der Waals surface area contributed by atoms with E-state index in [1.807, 2.05) is 36.4 Å². The number of pyridine rings is 1. The molecule has 108 valence electrons. The van der Waals surface area contributed by atoms with E-state index in [1.165, 1.54) is 6.08 Å². The molecule has 0 aliphatic carbocycles. The molecule has 0 bridgehead atoms. The smallest absolute Gasteiger partial charge is 0.244 e. The van der Waals surface area contributed by atoms with Crippen molar-refractivity contribution in [3.05, 3.63) is 66.0 Å². The number of carbonyl (C=O) groups excluding carboxylic acids is 1. The second-order valence-corrected chi connectivity index (χ2v) is 4.51. The summed E-state index contributed by atoms with van der Waals surface area (Å²) in [5.74, 6) is 0.719. The Balaban J connectivity index is 1.78. The number of hydrogen-bond donors (Lipinski definition) is 1. The Bertz CT molecular complexity index is 609. The van der Waals surface area contributed by atoms with Crippen molar-refractivity contribution in [1.82, 2.24) is 10.3 Å². The molecule has 2 rings (SSSR count). The van der Waals surface area contributed by atoms with Crippen LogP contribution in [0.2, 0.25) is 0 Å². The van der Waals surface area contributed by atoms with Crippen LogP contribution in [0.15, 0.2) is 54.9 Å². The van der Waals surface area contributed by atoms with Gasteiger partial charge >= 0.3 is 0 Å². The van der Waals surface area contributed by atoms with Crippen LogP contribution in [-0.4, -0.2) is 24.5 Å². The van der Waals surface area contributed by atoms with E-state index >= 15 is 0 Å². The van der Waals surface area contributed by atoms with Gasteiger partial charge in [-0.3, -0.25) is 9.78 Å². The summed E-state index contributed by atoms with van der Waals surface area (Å²) in [6.07, 6.45) is 7.44. The van der Waals surface area contributed by atoms with Gasteiger partial charge < -0.3 is 10.1 Å². The Morgan fingerprint density at radius 2 is 2.24 bits per heavy atom. The lowest BCUT2D eigenvalue weighted by molar-refractivity contribution is -0.116. The first-order valence-corrected chi connectivity index (χ1v) is 6.77. The average molecular weight is 282 g/mol. The van der Waals surface area contributed by atoms with Gasteiger partial charge in [0.05, 0.1) is 7.11 Å². The zero-order valence-corrected chi connectivity index (χ0v) is 12.0. The van der Waals surface area contributed by atoms with Gasteiger partial charge in [0.15, 0.2) is 0 Å². The van der Waals surface area contributed by atoms with E-state index in [0.29, 0.717) is 6.54 Å². The number of amides is 1. The van der Waals surface area contributed by atoms with Crippen molar-refractivity contribution in [3.8, 4) is 5.75 Å². The highest BCUT2D eigenvalue weighted by molar-refractivity contribution is 5.91. The molecule has 0 fully saturated rings. The molecule has 0 unspecified atom stereocenters. The molecule has 0 radical (unpaired) electrons. The molecule has 0 spiro atoms. The second-order valence-electron chi connectivity index (χ2n) is 4.51. The normalized spacial score (nSPS) is 10.5. The molecule has 2 aromatic rings. The molecule has 1 amide bonds. The standard InChI is InChI=1S/C17H18N2O2/c1-21-16-6-2-4-14(12-16)9-11-19-17(20)8-7-15-5-3-10-18-13-15/h2-8,10,12-13H,9,11H2,1H3,(H,19,20). The molecular formula is C17H18N2O2. The molecule has 1 aromatic carbocycles. The number of aromatic nitrogens is 1. The Morgan fingerprint density at radius 3 is 3.00 bits per heavy atom. The summed E-state index contributed by atoms with van der Waals surface area (Å²) in [6.45, 7) is 0.587. The van der Waals surface area contributed by atoms with Gasteiger partial charge in [-0.25, -0.2) is 0 Å². The van der Waals surface area contributed by atoms with Gasteiger partial charge in [0.1, 0.15) is 5.75 Å². The molecule has 1 aromatic heterocycles. The van der Waals surface area contributed by atoms with Crippen LogP contribution in [0.4, 0.5) is 0 Å². The second kappa shape index (κ2) is 7.85. The van der Waals surface area contributed by atoms with Crippen molar-refractivity contribution in [2.24, 2.45) is 0 Å². The minimum Gasteiger partial charge on any atom is -0.497 e. The van der Waals surface area contributed by atoms with Crippen molar-refractivity contribution in [3.63, 3.8) is 0 Å². The van der Waals surface area contributed by atoms with Crippen LogP contribution in [0.25, 0.3) is 6.08 Å². The lowest BCUT2D eigenvalue weighted by Gasteiger charge is -2.05. The largest absolute Gasteiger partial charge is 0.497 e. The number of hydrogen-bond acceptors (Lipinski definition) is 3. The quantitative estimate of drug-likeness (QED) is 0.828. The van der Waals surface area contributed by atoms with Gasteiger partial charge in [0.25, 0.3) is 0 Å². The lowest BCUT2D eigenvalue weighted by atomic mass is 10.1. The van der Waals surface area contributed by atoms with E-state index in [9.17, 15) is 4.79 Å². The van der Waals surface area contributed by atoms with E-state index in [2.05, 4.69) is 10.3 Å². The van der Waals surface area contributed by atoms with Crippen LogP contribution < -0.4 is 10.1 Å². The fourth-order valence-electron chi connectivity index (χ4n) is 1.86. The fourth-order valence-corrected chi connectivity index (χ4v) is 1.86. The molecule has 21 heavy (non-hydrogen) atoms. The van der Waals surface area contributed by atoms with Gasteiger partial charge in [-0.2, -0.15) is 0 Å². The van der Waals surface area contributed by atoms with Crippen molar-refractivity contribution in [2.75, 3.05) is 13.7 Å². The molecule has 4 heteroatoms. The summed E-state index contributed by atoms with van der Waals surface area (Å²) < 4.78 is 5.17. The molecule has 0 aliphatic heterocycles. The van der Waals surface area contributed by atoms with Crippen LogP contribution in [0.3, 0.4) is 0 Å². The highest BCUT2D eigenvalue weighted by atomic mass is 16.5. The Kier molecular flexibility index (Phi) is 5.52. The first-order chi connectivity index (χ1) is 10.3. The summed E-state index contributed by atoms with van der Waals surface area (Å²) >= 11 is 0. The molecule has 4 nitrogen and oxygen atoms in total. The third-order valence-electron chi connectivity index (χ3n) is 2.96. The van der Waals surface area contributed by atoms with Crippen LogP contribution in [0, 0.1) is 0 Å². The number of ether oxygens (including phenoxy) is 1. The van der Waals surface area contributed by atoms with E-state index in [4.69, 9.17) is 4.74 Å². The number of methoxy groups -OCH3 is 1. The third-order valence-corrected chi connectivity index (χ3v) is 2.96. The van der Waals surface area contributed by atoms with E-state index < -0.39 is 0 Å². The van der Waals surface area contributed by atoms with Crippen LogP contribution >= 0.6 is 0 Å². The first kappa shape index (κ1) is 14.8. The number of nitrogens with zero attached hydrogens (tertiary/aromatic N) is 1. The predicted molar refractivity (Wildman–Crippen MR) is 83.0 cm³/mol. The lowest BCUT2D eigenvalue weighted by Crippen LogP contribution is -2.23. The van der Waals surface area contributed by atoms with E-state index in [1.54, 1.807) is 25.6 Å². The molecular weight excluding hydrogens is 264 g/mol. The number of benzene rings is 1. The maximum atomic E-state index is 11.7. The van der Waals surface area contributed by atoms with Crippen molar-refractivity contribution < 1.29 is 9.53 Å². The van der Waals surface area contributed by atoms with Crippen LogP contribution in [0.5, 0.6) is 5.75 Å². The predicted octanol–water partition coefficient (Wildman–Crippen LogP) is 2.46. The first-order valence-electron chi connectivity index (χ1n) is 6.77. The SMILES string of the molecule is COc1cccc(CCNC(=O)C=Cc2cccnc2)c1. The monoisotopic (exact) mass is 282 g/mol. The van der Waals surface area contributed by atoms with Gasteiger partial charge in [0, 0.05) is 25.0 Å². The maximum absolute atomic E-state index is 11.7. The van der Waals surface area contributed by atoms with Crippen molar-refractivity contribution in [2.45, 2.75) is 6.42 Å². The third kappa shape index (κ3) is 5.10. The molecule has 0 saturated carbocycles. The number of nitrogens with one attached hydrogen (secondary N) is 1. The highest BCUT2D eigenvalue weighted by Crippen LogP contribution is 2.12. The zero-order valence-electron chi connectivity index (χ0n) is 12.0. The maximum Gasteiger partial charge on any atom is 0.244 e. The average Bonchev–Trinajstić information content (AvgIpc) is 2.54. The van der Waals surface area contributed by atoms with Crippen molar-refractivity contribution in [1.29, 1.82) is 0 Å². The van der Waals surface area contributed by atoms with Gasteiger partial charge in [-0.05, 0) is 41.8 Å². The minimum atomic E-state index is -0.109. The molecule has 0 atom stereocenters. The van der Waals surface area contributed by atoms with Gasteiger partial charge in [-0.1, -0.05) is 18.2 Å². The summed E-state index contributed by atoms with van der Waals surface area (Å²) in [5, 5.41) is 2.85. The Morgan fingerprint density at radius 1 is 1.33 bits per heavy atom. The fraction of sp³-hybridized carbons (Fsp3) is 0.176. The number of carbonyl (C=O) groups is 1. The molecule has 1 N–H and O–H groups in total. The van der Waals surface area contributed by atoms with E-state index in [-0.39, 0.29) is 5.91 Å². The van der Waals surface area contributed by atoms with Crippen LogP contribution in [-0.2, 0) is 11.2 Å². The van der Waals surface area contributed by atoms with E-state index in [0.717, 1.165) is 23.3 Å². The Hall–Kier alpha value is -2.62. The van der Waals surface area contributed by atoms with Crippen LogP contribution in [0.1, 0.15) is 11.1 Å². The Labute approximate surface area is 124 Å². The topological polar surface area (TPSA) is 51.2 Å². The molecule has 0 aliphatic rings. The minimum absolute atomic E-state index is 0.109. The molecule has 1 heterocycles. The summed E-state index contributed by atoms with van der Waals surface area (Å²) in [7, 11) is 1.64. The summed E-state index contributed by atoms with van der Waals surface area (Å²) in [4.78, 5) is 15.7. The summed E-state index contributed by atoms with van der Waals surface area (Å²) in [5.41, 5.74) is 2.03.